The summed E-state index contributed by atoms with van der Waals surface area (Å²) < 4.78 is 10.8. The second-order valence-corrected chi connectivity index (χ2v) is 6.39. The Balaban J connectivity index is 1.62. The van der Waals surface area contributed by atoms with Crippen molar-refractivity contribution in [3.05, 3.63) is 23.9 Å². The van der Waals surface area contributed by atoms with E-state index in [0.29, 0.717) is 38.3 Å². The number of rotatable bonds is 4. The van der Waals surface area contributed by atoms with Crippen LogP contribution in [0.4, 0.5) is 4.79 Å². The molecule has 8 heteroatoms. The van der Waals surface area contributed by atoms with E-state index in [4.69, 9.17) is 14.6 Å². The summed E-state index contributed by atoms with van der Waals surface area (Å²) >= 11 is 0. The van der Waals surface area contributed by atoms with E-state index in [2.05, 4.69) is 10.3 Å². The highest BCUT2D eigenvalue weighted by Gasteiger charge is 2.34. The highest BCUT2D eigenvalue weighted by molar-refractivity contribution is 5.77. The van der Waals surface area contributed by atoms with Crippen molar-refractivity contribution in [2.24, 2.45) is 5.92 Å². The van der Waals surface area contributed by atoms with Crippen LogP contribution in [-0.4, -0.2) is 59.8 Å². The van der Waals surface area contributed by atoms with Crippen molar-refractivity contribution < 1.29 is 24.2 Å². The van der Waals surface area contributed by atoms with Gasteiger partial charge in [0.25, 0.3) is 0 Å². The highest BCUT2D eigenvalue weighted by Crippen LogP contribution is 2.29. The van der Waals surface area contributed by atoms with Crippen LogP contribution in [-0.2, 0) is 9.53 Å². The summed E-state index contributed by atoms with van der Waals surface area (Å²) in [5.41, 5.74) is 0.880. The van der Waals surface area contributed by atoms with Crippen LogP contribution in [0.2, 0.25) is 0 Å². The molecule has 1 aromatic heterocycles. The molecule has 3 atom stereocenters. The highest BCUT2D eigenvalue weighted by atomic mass is 16.5. The van der Waals surface area contributed by atoms with E-state index in [0.717, 1.165) is 5.56 Å². The van der Waals surface area contributed by atoms with Gasteiger partial charge in [0.05, 0.1) is 19.1 Å². The molecule has 2 amide bonds. The first kappa shape index (κ1) is 17.5. The lowest BCUT2D eigenvalue weighted by Gasteiger charge is -2.32. The maximum absolute atomic E-state index is 12.5. The second kappa shape index (κ2) is 7.69. The van der Waals surface area contributed by atoms with Gasteiger partial charge in [0.1, 0.15) is 6.10 Å². The molecule has 2 saturated heterocycles. The van der Waals surface area contributed by atoms with Crippen LogP contribution < -0.4 is 10.1 Å². The summed E-state index contributed by atoms with van der Waals surface area (Å²) in [7, 11) is 1.56. The first-order valence-corrected chi connectivity index (χ1v) is 8.48. The van der Waals surface area contributed by atoms with Gasteiger partial charge in [-0.2, -0.15) is 0 Å². The molecule has 136 valence electrons. The Bertz CT molecular complexity index is 621. The number of urea groups is 1. The molecule has 2 aliphatic rings. The third-order valence-corrected chi connectivity index (χ3v) is 4.76. The summed E-state index contributed by atoms with van der Waals surface area (Å²) in [5.74, 6) is -0.805. The van der Waals surface area contributed by atoms with Crippen LogP contribution in [0.1, 0.15) is 30.9 Å². The molecule has 0 aromatic carbocycles. The number of methoxy groups -OCH3 is 1. The number of carbonyl (C=O) groups is 2. The number of aromatic nitrogens is 1. The molecular weight excluding hydrogens is 326 g/mol. The summed E-state index contributed by atoms with van der Waals surface area (Å²) in [4.78, 5) is 29.5. The second-order valence-electron chi connectivity index (χ2n) is 6.39. The maximum Gasteiger partial charge on any atom is 0.317 e. The largest absolute Gasteiger partial charge is 0.481 e. The number of hydrogen-bond acceptors (Lipinski definition) is 5. The molecule has 8 nitrogen and oxygen atoms in total. The first-order chi connectivity index (χ1) is 12.1. The molecular formula is C17H23N3O5. The fraction of sp³-hybridized carbons (Fsp3) is 0.588. The predicted molar refractivity (Wildman–Crippen MR) is 88.4 cm³/mol. The zero-order valence-electron chi connectivity index (χ0n) is 14.2. The van der Waals surface area contributed by atoms with E-state index in [1.54, 1.807) is 24.3 Å². The van der Waals surface area contributed by atoms with E-state index in [1.165, 1.54) is 0 Å². The van der Waals surface area contributed by atoms with Crippen molar-refractivity contribution in [2.45, 2.75) is 31.4 Å². The molecule has 3 rings (SSSR count). The maximum atomic E-state index is 12.5. The van der Waals surface area contributed by atoms with Crippen LogP contribution >= 0.6 is 0 Å². The SMILES string of the molecule is COc1ccc([C@H]2OCC[C@@H]2NC(=O)N2CCCC(C(=O)O)C2)cn1. The van der Waals surface area contributed by atoms with Crippen LogP contribution in [0.15, 0.2) is 18.3 Å². The molecule has 2 fully saturated rings. The van der Waals surface area contributed by atoms with E-state index < -0.39 is 11.9 Å². The zero-order chi connectivity index (χ0) is 17.8. The van der Waals surface area contributed by atoms with Crippen LogP contribution in [0.5, 0.6) is 5.88 Å². The Hall–Kier alpha value is -2.35. The Morgan fingerprint density at radius 1 is 1.40 bits per heavy atom. The average Bonchev–Trinajstić information content (AvgIpc) is 3.10. The number of aliphatic carboxylic acids is 1. The van der Waals surface area contributed by atoms with Crippen LogP contribution in [0, 0.1) is 5.92 Å². The minimum absolute atomic E-state index is 0.159. The molecule has 3 heterocycles. The standard InChI is InChI=1S/C17H23N3O5/c1-24-14-5-4-11(9-18-14)15-13(6-8-25-15)19-17(23)20-7-2-3-12(10-20)16(21)22/h4-5,9,12-13,15H,2-3,6-8,10H2,1H3,(H,19,23)(H,21,22)/t12?,13-,15+/m0/s1. The molecule has 0 aliphatic carbocycles. The lowest BCUT2D eigenvalue weighted by Crippen LogP contribution is -2.50. The number of nitrogens with one attached hydrogen (secondary N) is 1. The molecule has 0 radical (unpaired) electrons. The summed E-state index contributed by atoms with van der Waals surface area (Å²) in [6, 6.07) is 3.25. The Morgan fingerprint density at radius 2 is 2.24 bits per heavy atom. The predicted octanol–water partition coefficient (Wildman–Crippen LogP) is 1.43. The van der Waals surface area contributed by atoms with Gasteiger partial charge in [-0.1, -0.05) is 0 Å². The lowest BCUT2D eigenvalue weighted by molar-refractivity contribution is -0.143. The minimum atomic E-state index is -0.844. The first-order valence-electron chi connectivity index (χ1n) is 8.48. The topological polar surface area (TPSA) is 101 Å². The third kappa shape index (κ3) is 4.01. The molecule has 0 saturated carbocycles. The number of hydrogen-bond donors (Lipinski definition) is 2. The van der Waals surface area contributed by atoms with Gasteiger partial charge in [0.2, 0.25) is 5.88 Å². The van der Waals surface area contributed by atoms with Crippen molar-refractivity contribution in [1.82, 2.24) is 15.2 Å². The Kier molecular flexibility index (Phi) is 5.37. The van der Waals surface area contributed by atoms with E-state index >= 15 is 0 Å². The summed E-state index contributed by atoms with van der Waals surface area (Å²) in [6.45, 7) is 1.39. The van der Waals surface area contributed by atoms with Gasteiger partial charge >= 0.3 is 12.0 Å². The summed E-state index contributed by atoms with van der Waals surface area (Å²) in [6.07, 6.45) is 3.46. The fourth-order valence-electron chi connectivity index (χ4n) is 3.36. The third-order valence-electron chi connectivity index (χ3n) is 4.76. The molecule has 25 heavy (non-hydrogen) atoms. The van der Waals surface area contributed by atoms with E-state index in [9.17, 15) is 9.59 Å². The van der Waals surface area contributed by atoms with Gasteiger partial charge in [0.15, 0.2) is 0 Å². The van der Waals surface area contributed by atoms with Gasteiger partial charge in [-0.3, -0.25) is 4.79 Å². The van der Waals surface area contributed by atoms with E-state index in [1.807, 2.05) is 6.07 Å². The molecule has 1 aromatic rings. The number of amides is 2. The Labute approximate surface area is 146 Å². The fourth-order valence-corrected chi connectivity index (χ4v) is 3.36. The molecule has 0 spiro atoms. The van der Waals surface area contributed by atoms with Gasteiger partial charge in [-0.15, -0.1) is 0 Å². The number of nitrogens with zero attached hydrogens (tertiary/aromatic N) is 2. The number of piperidine rings is 1. The average molecular weight is 349 g/mol. The number of ether oxygens (including phenoxy) is 2. The van der Waals surface area contributed by atoms with Gasteiger partial charge in [-0.25, -0.2) is 9.78 Å². The van der Waals surface area contributed by atoms with Gasteiger partial charge in [-0.05, 0) is 25.3 Å². The number of carboxylic acids is 1. The smallest absolute Gasteiger partial charge is 0.317 e. The van der Waals surface area contributed by atoms with Crippen molar-refractivity contribution in [3.8, 4) is 5.88 Å². The van der Waals surface area contributed by atoms with Crippen molar-refractivity contribution in [1.29, 1.82) is 0 Å². The van der Waals surface area contributed by atoms with Crippen molar-refractivity contribution in [2.75, 3.05) is 26.8 Å². The van der Waals surface area contributed by atoms with Gasteiger partial charge < -0.3 is 24.8 Å². The number of carboxylic acid groups (broad SMARTS) is 1. The molecule has 1 unspecified atom stereocenters. The lowest BCUT2D eigenvalue weighted by atomic mass is 9.98. The van der Waals surface area contributed by atoms with Crippen molar-refractivity contribution >= 4 is 12.0 Å². The molecule has 0 bridgehead atoms. The number of likely N-dealkylation sites (tertiary alicyclic amines) is 1. The number of carbonyl (C=O) groups excluding carboxylic acids is 1. The van der Waals surface area contributed by atoms with E-state index in [-0.39, 0.29) is 24.7 Å². The van der Waals surface area contributed by atoms with Crippen LogP contribution in [0.25, 0.3) is 0 Å². The monoisotopic (exact) mass is 349 g/mol. The number of pyridine rings is 1. The normalized spacial score (nSPS) is 26.3. The summed E-state index contributed by atoms with van der Waals surface area (Å²) in [5, 5.41) is 12.2. The van der Waals surface area contributed by atoms with Crippen LogP contribution in [0.3, 0.4) is 0 Å². The van der Waals surface area contributed by atoms with Gasteiger partial charge in [0, 0.05) is 37.5 Å². The molecule has 2 N–H and O–H groups in total. The minimum Gasteiger partial charge on any atom is -0.481 e. The quantitative estimate of drug-likeness (QED) is 0.853. The Morgan fingerprint density at radius 3 is 2.92 bits per heavy atom. The van der Waals surface area contributed by atoms with Crippen molar-refractivity contribution in [3.63, 3.8) is 0 Å². The zero-order valence-corrected chi connectivity index (χ0v) is 14.2. The molecule has 2 aliphatic heterocycles.